The third-order valence-corrected chi connectivity index (χ3v) is 6.61. The van der Waals surface area contributed by atoms with E-state index >= 15 is 0 Å². The molecule has 1 aliphatic carbocycles. The number of aryl methyl sites for hydroxylation is 1. The molecule has 1 saturated heterocycles. The van der Waals surface area contributed by atoms with Crippen LogP contribution in [0.3, 0.4) is 0 Å². The normalized spacial score (nSPS) is 18.1. The van der Waals surface area contributed by atoms with Gasteiger partial charge >= 0.3 is 6.03 Å². The maximum Gasteiger partial charge on any atom is 0.325 e. The van der Waals surface area contributed by atoms with E-state index in [1.54, 1.807) is 24.2 Å². The lowest BCUT2D eigenvalue weighted by Gasteiger charge is -2.30. The van der Waals surface area contributed by atoms with Gasteiger partial charge in [0.2, 0.25) is 5.91 Å². The van der Waals surface area contributed by atoms with Crippen molar-refractivity contribution in [2.45, 2.75) is 70.6 Å². The molecule has 1 atom stereocenters. The van der Waals surface area contributed by atoms with Crippen LogP contribution in [0.5, 0.6) is 0 Å². The van der Waals surface area contributed by atoms with Crippen LogP contribution < -0.4 is 5.32 Å². The van der Waals surface area contributed by atoms with Crippen LogP contribution >= 0.6 is 0 Å². The number of nitrogens with one attached hydrogen (secondary N) is 1. The molecule has 4 rings (SSSR count). The molecule has 1 spiro atoms. The molecule has 1 aromatic carbocycles. The Morgan fingerprint density at radius 1 is 1.09 bits per heavy atom. The van der Waals surface area contributed by atoms with Crippen LogP contribution in [0.25, 0.3) is 0 Å². The summed E-state index contributed by atoms with van der Waals surface area (Å²) in [6, 6.07) is 10.6. The second-order valence-corrected chi connectivity index (χ2v) is 8.80. The Bertz CT molecular complexity index is 984. The molecular weight excluding hydrogens is 404 g/mol. The van der Waals surface area contributed by atoms with E-state index in [9.17, 15) is 14.4 Å². The highest BCUT2D eigenvalue weighted by Gasteiger charge is 2.54. The average molecular weight is 435 g/mol. The van der Waals surface area contributed by atoms with E-state index < -0.39 is 17.6 Å². The van der Waals surface area contributed by atoms with E-state index in [0.717, 1.165) is 35.3 Å². The first-order valence-corrected chi connectivity index (χ1v) is 11.3. The molecule has 0 bridgehead atoms. The quantitative estimate of drug-likeness (QED) is 0.677. The molecular formula is C25H30N4O3. The molecule has 2 heterocycles. The van der Waals surface area contributed by atoms with Crippen molar-refractivity contribution in [3.8, 4) is 0 Å². The Morgan fingerprint density at radius 3 is 2.38 bits per heavy atom. The number of amides is 4. The fourth-order valence-electron chi connectivity index (χ4n) is 4.71. The van der Waals surface area contributed by atoms with E-state index in [0.29, 0.717) is 25.9 Å². The highest BCUT2D eigenvalue weighted by molar-refractivity contribution is 6.09. The minimum atomic E-state index is -0.880. The predicted octanol–water partition coefficient (Wildman–Crippen LogP) is 3.43. The number of carbonyl (C=O) groups is 3. The summed E-state index contributed by atoms with van der Waals surface area (Å²) in [6.45, 7) is 4.48. The number of benzene rings is 1. The number of pyridine rings is 1. The molecule has 2 fully saturated rings. The lowest BCUT2D eigenvalue weighted by Crippen LogP contribution is -2.50. The van der Waals surface area contributed by atoms with Gasteiger partial charge in [-0.2, -0.15) is 0 Å². The summed E-state index contributed by atoms with van der Waals surface area (Å²) in [7, 11) is 0. The van der Waals surface area contributed by atoms with Gasteiger partial charge in [0.25, 0.3) is 5.91 Å². The van der Waals surface area contributed by atoms with Gasteiger partial charge in [-0.05, 0) is 48.9 Å². The van der Waals surface area contributed by atoms with Crippen molar-refractivity contribution in [2.24, 2.45) is 0 Å². The zero-order valence-electron chi connectivity index (χ0n) is 18.7. The fraction of sp³-hybridized carbons (Fsp3) is 0.440. The largest absolute Gasteiger partial charge is 0.332 e. The van der Waals surface area contributed by atoms with Crippen LogP contribution in [-0.4, -0.2) is 44.2 Å². The zero-order chi connectivity index (χ0) is 22.7. The van der Waals surface area contributed by atoms with Gasteiger partial charge in [-0.3, -0.25) is 14.6 Å². The first kappa shape index (κ1) is 22.0. The lowest BCUT2D eigenvalue weighted by molar-refractivity contribution is -0.143. The summed E-state index contributed by atoms with van der Waals surface area (Å²) in [5, 5.41) is 2.87. The third-order valence-electron chi connectivity index (χ3n) is 6.61. The van der Waals surface area contributed by atoms with Crippen molar-refractivity contribution in [2.75, 3.05) is 0 Å². The summed E-state index contributed by atoms with van der Waals surface area (Å²) in [5.74, 6) is -0.526. The molecule has 168 valence electrons. The van der Waals surface area contributed by atoms with Gasteiger partial charge < -0.3 is 10.2 Å². The third kappa shape index (κ3) is 4.24. The molecule has 7 nitrogen and oxygen atoms in total. The van der Waals surface area contributed by atoms with Crippen molar-refractivity contribution < 1.29 is 14.4 Å². The molecule has 0 radical (unpaired) electrons. The van der Waals surface area contributed by atoms with E-state index in [4.69, 9.17) is 0 Å². The van der Waals surface area contributed by atoms with Gasteiger partial charge in [-0.15, -0.1) is 0 Å². The summed E-state index contributed by atoms with van der Waals surface area (Å²) < 4.78 is 0. The highest BCUT2D eigenvalue weighted by atomic mass is 16.2. The summed E-state index contributed by atoms with van der Waals surface area (Å²) in [6.07, 6.45) is 7.45. The number of rotatable bonds is 7. The number of imide groups is 1. The minimum Gasteiger partial charge on any atom is -0.332 e. The lowest BCUT2D eigenvalue weighted by atomic mass is 9.97. The number of aromatic nitrogens is 1. The number of hydrogen-bond donors (Lipinski definition) is 1. The van der Waals surface area contributed by atoms with Gasteiger partial charge in [0, 0.05) is 25.5 Å². The zero-order valence-corrected chi connectivity index (χ0v) is 18.7. The van der Waals surface area contributed by atoms with E-state index in [-0.39, 0.29) is 11.8 Å². The molecule has 4 amide bonds. The molecule has 2 aromatic rings. The second kappa shape index (κ2) is 9.10. The maximum absolute atomic E-state index is 13.6. The number of urea groups is 1. The van der Waals surface area contributed by atoms with Crippen molar-refractivity contribution >= 4 is 17.8 Å². The van der Waals surface area contributed by atoms with E-state index in [2.05, 4.69) is 29.4 Å². The number of nitrogens with zero attached hydrogens (tertiary/aromatic N) is 3. The van der Waals surface area contributed by atoms with Crippen LogP contribution in [0.4, 0.5) is 4.79 Å². The molecule has 7 heteroatoms. The SMILES string of the molecule is CCc1ccc(CN(Cc2cccnc2)C(=O)C(C)N2C(=O)NC3(CCCC3)C2=O)cc1. The Labute approximate surface area is 188 Å². The van der Waals surface area contributed by atoms with Gasteiger partial charge in [0.15, 0.2) is 0 Å². The summed E-state index contributed by atoms with van der Waals surface area (Å²) >= 11 is 0. The molecule has 2 aliphatic rings. The fourth-order valence-corrected chi connectivity index (χ4v) is 4.71. The molecule has 32 heavy (non-hydrogen) atoms. The highest BCUT2D eigenvalue weighted by Crippen LogP contribution is 2.36. The van der Waals surface area contributed by atoms with E-state index in [1.807, 2.05) is 24.3 Å². The van der Waals surface area contributed by atoms with Crippen LogP contribution in [0.15, 0.2) is 48.8 Å². The Kier molecular flexibility index (Phi) is 6.26. The topological polar surface area (TPSA) is 82.6 Å². The average Bonchev–Trinajstić information content (AvgIpc) is 3.37. The maximum atomic E-state index is 13.6. The Morgan fingerprint density at radius 2 is 1.75 bits per heavy atom. The number of carbonyl (C=O) groups excluding carboxylic acids is 3. The van der Waals surface area contributed by atoms with Gasteiger partial charge in [0.05, 0.1) is 0 Å². The standard InChI is InChI=1S/C25H30N4O3/c1-3-19-8-10-20(11-9-19)16-28(17-21-7-6-14-26-15-21)22(30)18(2)29-23(31)25(27-24(29)32)12-4-5-13-25/h6-11,14-15,18H,3-5,12-13,16-17H2,1-2H3,(H,27,32). The Hall–Kier alpha value is -3.22. The first-order chi connectivity index (χ1) is 15.4. The van der Waals surface area contributed by atoms with Crippen molar-refractivity contribution in [1.82, 2.24) is 20.1 Å². The van der Waals surface area contributed by atoms with Gasteiger partial charge in [-0.1, -0.05) is 50.1 Å². The van der Waals surface area contributed by atoms with Crippen LogP contribution in [-0.2, 0) is 29.1 Å². The molecule has 1 aromatic heterocycles. The molecule has 1 aliphatic heterocycles. The summed E-state index contributed by atoms with van der Waals surface area (Å²) in [5.41, 5.74) is 2.29. The van der Waals surface area contributed by atoms with Crippen LogP contribution in [0.2, 0.25) is 0 Å². The monoisotopic (exact) mass is 434 g/mol. The van der Waals surface area contributed by atoms with Crippen molar-refractivity contribution in [3.05, 3.63) is 65.5 Å². The van der Waals surface area contributed by atoms with Gasteiger partial charge in [-0.25, -0.2) is 9.69 Å². The minimum absolute atomic E-state index is 0.257. The van der Waals surface area contributed by atoms with Gasteiger partial charge in [0.1, 0.15) is 11.6 Å². The summed E-state index contributed by atoms with van der Waals surface area (Å²) in [4.78, 5) is 46.4. The van der Waals surface area contributed by atoms with Crippen LogP contribution in [0.1, 0.15) is 56.2 Å². The van der Waals surface area contributed by atoms with Crippen LogP contribution in [0, 0.1) is 0 Å². The number of hydrogen-bond acceptors (Lipinski definition) is 4. The second-order valence-electron chi connectivity index (χ2n) is 8.80. The molecule has 1 unspecified atom stereocenters. The molecule has 1 N–H and O–H groups in total. The van der Waals surface area contributed by atoms with E-state index in [1.165, 1.54) is 5.56 Å². The predicted molar refractivity (Wildman–Crippen MR) is 120 cm³/mol. The van der Waals surface area contributed by atoms with Crippen molar-refractivity contribution in [1.29, 1.82) is 0 Å². The van der Waals surface area contributed by atoms with Crippen molar-refractivity contribution in [3.63, 3.8) is 0 Å². The smallest absolute Gasteiger partial charge is 0.325 e. The Balaban J connectivity index is 1.57. The first-order valence-electron chi connectivity index (χ1n) is 11.3. The molecule has 1 saturated carbocycles.